The van der Waals surface area contributed by atoms with Gasteiger partial charge in [0.15, 0.2) is 6.61 Å². The van der Waals surface area contributed by atoms with E-state index < -0.39 is 11.9 Å². The summed E-state index contributed by atoms with van der Waals surface area (Å²) in [6, 6.07) is 23.0. The van der Waals surface area contributed by atoms with Gasteiger partial charge in [-0.05, 0) is 60.7 Å². The van der Waals surface area contributed by atoms with Crippen LogP contribution in [0.5, 0.6) is 11.5 Å². The molecule has 0 bridgehead atoms. The lowest BCUT2D eigenvalue weighted by molar-refractivity contribution is -0.119. The van der Waals surface area contributed by atoms with Crippen LogP contribution in [0.3, 0.4) is 0 Å². The van der Waals surface area contributed by atoms with Crippen molar-refractivity contribution in [2.75, 3.05) is 11.9 Å². The SMILES string of the molecule is O=C(COC(=O)c1ccc(Oc2ccccc2)cc1)Nc1ccc(Br)cc1. The van der Waals surface area contributed by atoms with Gasteiger partial charge in [0.2, 0.25) is 0 Å². The summed E-state index contributed by atoms with van der Waals surface area (Å²) in [5.74, 6) is 0.324. The highest BCUT2D eigenvalue weighted by Gasteiger charge is 2.11. The third-order valence-electron chi connectivity index (χ3n) is 3.53. The van der Waals surface area contributed by atoms with Gasteiger partial charge in [0.1, 0.15) is 11.5 Å². The first-order valence-corrected chi connectivity index (χ1v) is 8.95. The van der Waals surface area contributed by atoms with Crippen molar-refractivity contribution in [3.8, 4) is 11.5 Å². The lowest BCUT2D eigenvalue weighted by Gasteiger charge is -2.08. The third-order valence-corrected chi connectivity index (χ3v) is 4.06. The predicted octanol–water partition coefficient (Wildman–Crippen LogP) is 5.04. The number of anilines is 1. The molecule has 3 aromatic rings. The molecule has 0 aliphatic rings. The number of para-hydroxylation sites is 1. The molecule has 136 valence electrons. The number of ether oxygens (including phenoxy) is 2. The fourth-order valence-corrected chi connectivity index (χ4v) is 2.49. The van der Waals surface area contributed by atoms with Gasteiger partial charge in [0.25, 0.3) is 5.91 Å². The van der Waals surface area contributed by atoms with Gasteiger partial charge >= 0.3 is 5.97 Å². The van der Waals surface area contributed by atoms with E-state index in [1.165, 1.54) is 0 Å². The predicted molar refractivity (Wildman–Crippen MR) is 106 cm³/mol. The van der Waals surface area contributed by atoms with Crippen molar-refractivity contribution in [3.63, 3.8) is 0 Å². The van der Waals surface area contributed by atoms with Crippen molar-refractivity contribution in [2.45, 2.75) is 0 Å². The molecule has 0 atom stereocenters. The molecule has 3 rings (SSSR count). The van der Waals surface area contributed by atoms with Gasteiger partial charge in [-0.15, -0.1) is 0 Å². The zero-order valence-corrected chi connectivity index (χ0v) is 15.8. The fraction of sp³-hybridized carbons (Fsp3) is 0.0476. The van der Waals surface area contributed by atoms with E-state index in [0.717, 1.165) is 4.47 Å². The molecule has 0 radical (unpaired) electrons. The quantitative estimate of drug-likeness (QED) is 0.562. The second kappa shape index (κ2) is 9.00. The zero-order valence-electron chi connectivity index (χ0n) is 14.2. The number of nitrogens with one attached hydrogen (secondary N) is 1. The van der Waals surface area contributed by atoms with E-state index in [1.807, 2.05) is 30.3 Å². The van der Waals surface area contributed by atoms with Crippen LogP contribution in [0.25, 0.3) is 0 Å². The second-order valence-electron chi connectivity index (χ2n) is 5.57. The van der Waals surface area contributed by atoms with Gasteiger partial charge in [-0.25, -0.2) is 4.79 Å². The summed E-state index contributed by atoms with van der Waals surface area (Å²) in [7, 11) is 0. The average Bonchev–Trinajstić information content (AvgIpc) is 2.69. The van der Waals surface area contributed by atoms with Crippen molar-refractivity contribution >= 4 is 33.5 Å². The van der Waals surface area contributed by atoms with Gasteiger partial charge in [0.05, 0.1) is 5.56 Å². The van der Waals surface area contributed by atoms with Gasteiger partial charge in [-0.2, -0.15) is 0 Å². The van der Waals surface area contributed by atoms with E-state index in [4.69, 9.17) is 9.47 Å². The highest BCUT2D eigenvalue weighted by atomic mass is 79.9. The number of hydrogen-bond acceptors (Lipinski definition) is 4. The molecule has 0 spiro atoms. The molecular formula is C21H16BrNO4. The van der Waals surface area contributed by atoms with E-state index in [1.54, 1.807) is 48.5 Å². The summed E-state index contributed by atoms with van der Waals surface area (Å²) in [5.41, 5.74) is 0.966. The normalized spacial score (nSPS) is 10.1. The number of benzene rings is 3. The van der Waals surface area contributed by atoms with Crippen LogP contribution in [0.15, 0.2) is 83.3 Å². The molecule has 0 aliphatic heterocycles. The lowest BCUT2D eigenvalue weighted by Crippen LogP contribution is -2.20. The van der Waals surface area contributed by atoms with Crippen molar-refractivity contribution < 1.29 is 19.1 Å². The number of esters is 1. The minimum absolute atomic E-state index is 0.340. The second-order valence-corrected chi connectivity index (χ2v) is 6.49. The van der Waals surface area contributed by atoms with Gasteiger partial charge in [0, 0.05) is 10.2 Å². The van der Waals surface area contributed by atoms with Crippen molar-refractivity contribution in [1.29, 1.82) is 0 Å². The Hall–Kier alpha value is -3.12. The first-order chi connectivity index (χ1) is 13.1. The van der Waals surface area contributed by atoms with Crippen LogP contribution in [-0.2, 0) is 9.53 Å². The standard InChI is InChI=1S/C21H16BrNO4/c22-16-8-10-17(11-9-16)23-20(24)14-26-21(25)15-6-12-19(13-7-15)27-18-4-2-1-3-5-18/h1-13H,14H2,(H,23,24). The summed E-state index contributed by atoms with van der Waals surface area (Å²) < 4.78 is 11.6. The number of carbonyl (C=O) groups is 2. The fourth-order valence-electron chi connectivity index (χ4n) is 2.23. The highest BCUT2D eigenvalue weighted by molar-refractivity contribution is 9.10. The summed E-state index contributed by atoms with van der Waals surface area (Å²) in [5, 5.41) is 2.66. The molecule has 6 heteroatoms. The Morgan fingerprint density at radius 1 is 0.815 bits per heavy atom. The molecule has 27 heavy (non-hydrogen) atoms. The van der Waals surface area contributed by atoms with Gasteiger partial charge < -0.3 is 14.8 Å². The summed E-state index contributed by atoms with van der Waals surface area (Å²) in [4.78, 5) is 23.9. The van der Waals surface area contributed by atoms with Crippen molar-refractivity contribution in [3.05, 3.63) is 88.9 Å². The minimum atomic E-state index is -0.577. The van der Waals surface area contributed by atoms with Crippen LogP contribution in [0, 0.1) is 0 Å². The van der Waals surface area contributed by atoms with Crippen LogP contribution in [0.4, 0.5) is 5.69 Å². The number of carbonyl (C=O) groups excluding carboxylic acids is 2. The Labute approximate surface area is 165 Å². The molecule has 0 saturated carbocycles. The highest BCUT2D eigenvalue weighted by Crippen LogP contribution is 2.21. The van der Waals surface area contributed by atoms with E-state index in [2.05, 4.69) is 21.2 Å². The van der Waals surface area contributed by atoms with Gasteiger partial charge in [-0.3, -0.25) is 4.79 Å². The molecule has 0 unspecified atom stereocenters. The van der Waals surface area contributed by atoms with Crippen LogP contribution in [0.1, 0.15) is 10.4 Å². The van der Waals surface area contributed by atoms with E-state index in [9.17, 15) is 9.59 Å². The van der Waals surface area contributed by atoms with Crippen LogP contribution < -0.4 is 10.1 Å². The molecule has 0 aromatic heterocycles. The summed E-state index contributed by atoms with van der Waals surface area (Å²) in [6.07, 6.45) is 0. The molecule has 3 aromatic carbocycles. The molecule has 0 heterocycles. The van der Waals surface area contributed by atoms with E-state index >= 15 is 0 Å². The summed E-state index contributed by atoms with van der Waals surface area (Å²) in [6.45, 7) is -0.364. The molecule has 1 N–H and O–H groups in total. The van der Waals surface area contributed by atoms with Gasteiger partial charge in [-0.1, -0.05) is 34.1 Å². The smallest absolute Gasteiger partial charge is 0.338 e. The van der Waals surface area contributed by atoms with Crippen molar-refractivity contribution in [1.82, 2.24) is 0 Å². The molecular weight excluding hydrogens is 410 g/mol. The Bertz CT molecular complexity index is 909. The van der Waals surface area contributed by atoms with Crippen LogP contribution >= 0.6 is 15.9 Å². The maximum Gasteiger partial charge on any atom is 0.338 e. The zero-order chi connectivity index (χ0) is 19.1. The number of rotatable bonds is 6. The molecule has 1 amide bonds. The lowest BCUT2D eigenvalue weighted by atomic mass is 10.2. The molecule has 0 saturated heterocycles. The molecule has 5 nitrogen and oxygen atoms in total. The maximum atomic E-state index is 12.1. The first-order valence-electron chi connectivity index (χ1n) is 8.16. The monoisotopic (exact) mass is 425 g/mol. The topological polar surface area (TPSA) is 64.6 Å². The number of halogens is 1. The van der Waals surface area contributed by atoms with E-state index in [-0.39, 0.29) is 6.61 Å². The number of hydrogen-bond donors (Lipinski definition) is 1. The number of amides is 1. The third kappa shape index (κ3) is 5.69. The Morgan fingerprint density at radius 2 is 1.44 bits per heavy atom. The van der Waals surface area contributed by atoms with Crippen LogP contribution in [0.2, 0.25) is 0 Å². The Morgan fingerprint density at radius 3 is 2.11 bits per heavy atom. The van der Waals surface area contributed by atoms with Crippen molar-refractivity contribution in [2.24, 2.45) is 0 Å². The first kappa shape index (κ1) is 18.7. The average molecular weight is 426 g/mol. The molecule has 0 aliphatic carbocycles. The Kier molecular flexibility index (Phi) is 6.22. The minimum Gasteiger partial charge on any atom is -0.457 e. The van der Waals surface area contributed by atoms with Crippen LogP contribution in [-0.4, -0.2) is 18.5 Å². The van der Waals surface area contributed by atoms with E-state index in [0.29, 0.717) is 22.7 Å². The maximum absolute atomic E-state index is 12.1. The Balaban J connectivity index is 1.50. The largest absolute Gasteiger partial charge is 0.457 e. The summed E-state index contributed by atoms with van der Waals surface area (Å²) >= 11 is 3.32. The molecule has 0 fully saturated rings.